The van der Waals surface area contributed by atoms with Crippen LogP contribution in [0.4, 0.5) is 20.4 Å². The second kappa shape index (κ2) is 8.99. The lowest BCUT2D eigenvalue weighted by Gasteiger charge is -2.34. The number of anilines is 2. The van der Waals surface area contributed by atoms with Gasteiger partial charge in [0.15, 0.2) is 5.69 Å². The predicted octanol–water partition coefficient (Wildman–Crippen LogP) is 5.56. The molecule has 8 nitrogen and oxygen atoms in total. The van der Waals surface area contributed by atoms with Gasteiger partial charge < -0.3 is 10.2 Å². The van der Waals surface area contributed by atoms with E-state index in [1.54, 1.807) is 13.0 Å². The molecule has 1 aliphatic heterocycles. The molecule has 3 heterocycles. The molecule has 1 fully saturated rings. The number of nitrogens with one attached hydrogen (secondary N) is 1. The van der Waals surface area contributed by atoms with Crippen LogP contribution in [0.25, 0.3) is 16.6 Å². The Balaban J connectivity index is 1.40. The molecule has 1 aliphatic carbocycles. The van der Waals surface area contributed by atoms with Crippen molar-refractivity contribution in [2.75, 3.05) is 11.9 Å². The number of fused-ring (bicyclic) bond motifs is 3. The topological polar surface area (TPSA) is 93.0 Å². The fourth-order valence-corrected chi connectivity index (χ4v) is 5.62. The number of nitrogens with zero attached hydrogens (tertiary/aromatic N) is 5. The summed E-state index contributed by atoms with van der Waals surface area (Å²) in [6.45, 7) is 2.77. The zero-order valence-electron chi connectivity index (χ0n) is 20.0. The maximum absolute atomic E-state index is 14.1. The monoisotopic (exact) mass is 556 g/mol. The molecule has 0 unspecified atom stereocenters. The van der Waals surface area contributed by atoms with Crippen LogP contribution >= 0.6 is 23.2 Å². The molecule has 2 aliphatic rings. The number of halogens is 4. The second-order valence-electron chi connectivity index (χ2n) is 9.58. The van der Waals surface area contributed by atoms with Crippen LogP contribution in [0.15, 0.2) is 47.4 Å². The summed E-state index contributed by atoms with van der Waals surface area (Å²) in [5.41, 5.74) is 1.16. The highest BCUT2D eigenvalue weighted by atomic mass is 35.5. The number of aromatic nitrogens is 4. The first-order valence-corrected chi connectivity index (χ1v) is 12.6. The minimum absolute atomic E-state index is 0.00562. The van der Waals surface area contributed by atoms with E-state index < -0.39 is 17.7 Å². The van der Waals surface area contributed by atoms with Crippen LogP contribution in [0, 0.1) is 0 Å². The lowest BCUT2D eigenvalue weighted by Crippen LogP contribution is -2.40. The molecule has 4 aromatic rings. The van der Waals surface area contributed by atoms with Gasteiger partial charge in [-0.25, -0.2) is 18.7 Å². The van der Waals surface area contributed by atoms with Crippen LogP contribution in [-0.4, -0.2) is 37.1 Å². The van der Waals surface area contributed by atoms with E-state index in [9.17, 15) is 18.4 Å². The molecule has 194 valence electrons. The number of rotatable bonds is 4. The summed E-state index contributed by atoms with van der Waals surface area (Å²) in [7, 11) is 0. The normalized spacial score (nSPS) is 15.7. The molecule has 0 atom stereocenters. The average Bonchev–Trinajstić information content (AvgIpc) is 3.64. The highest BCUT2D eigenvalue weighted by molar-refractivity contribution is 6.37. The van der Waals surface area contributed by atoms with Gasteiger partial charge in [0.05, 0.1) is 15.4 Å². The quantitative estimate of drug-likeness (QED) is 0.354. The van der Waals surface area contributed by atoms with Crippen molar-refractivity contribution < 1.29 is 13.6 Å². The van der Waals surface area contributed by atoms with Crippen LogP contribution in [0.5, 0.6) is 0 Å². The number of carbonyl (C=O) groups is 1. The Bertz CT molecular complexity index is 1670. The smallest absolute Gasteiger partial charge is 0.284 e. The summed E-state index contributed by atoms with van der Waals surface area (Å²) >= 11 is 12.4. The molecule has 0 radical (unpaired) electrons. The molecule has 6 rings (SSSR count). The van der Waals surface area contributed by atoms with Crippen molar-refractivity contribution in [2.45, 2.75) is 38.2 Å². The number of benzene rings is 2. The van der Waals surface area contributed by atoms with E-state index in [2.05, 4.69) is 20.4 Å². The van der Waals surface area contributed by atoms with E-state index in [1.807, 2.05) is 23.1 Å². The summed E-state index contributed by atoms with van der Waals surface area (Å²) < 4.78 is 28.9. The molecule has 1 spiro atoms. The summed E-state index contributed by atoms with van der Waals surface area (Å²) in [4.78, 5) is 35.5. The van der Waals surface area contributed by atoms with Crippen LogP contribution in [-0.2, 0) is 16.8 Å². The third-order valence-corrected chi connectivity index (χ3v) is 7.71. The van der Waals surface area contributed by atoms with E-state index in [-0.39, 0.29) is 43.9 Å². The van der Waals surface area contributed by atoms with Gasteiger partial charge in [0.25, 0.3) is 12.0 Å². The van der Waals surface area contributed by atoms with E-state index in [1.165, 1.54) is 23.9 Å². The number of alkyl halides is 2. The van der Waals surface area contributed by atoms with Gasteiger partial charge in [-0.3, -0.25) is 9.59 Å². The number of amides is 1. The van der Waals surface area contributed by atoms with Crippen molar-refractivity contribution in [1.29, 1.82) is 0 Å². The Morgan fingerprint density at radius 3 is 2.55 bits per heavy atom. The van der Waals surface area contributed by atoms with Crippen LogP contribution in [0.2, 0.25) is 10.0 Å². The van der Waals surface area contributed by atoms with Gasteiger partial charge in [-0.2, -0.15) is 9.78 Å². The Hall–Kier alpha value is -3.63. The predicted molar refractivity (Wildman–Crippen MR) is 140 cm³/mol. The molecular weight excluding hydrogens is 537 g/mol. The van der Waals surface area contributed by atoms with Crippen LogP contribution in [0.3, 0.4) is 0 Å². The molecule has 0 bridgehead atoms. The minimum atomic E-state index is -3.04. The van der Waals surface area contributed by atoms with Gasteiger partial charge in [0.1, 0.15) is 11.2 Å². The Morgan fingerprint density at radius 1 is 1.16 bits per heavy atom. The zero-order chi connectivity index (χ0) is 26.8. The summed E-state index contributed by atoms with van der Waals surface area (Å²) in [5, 5.41) is 6.91. The van der Waals surface area contributed by atoms with Gasteiger partial charge in [0, 0.05) is 37.3 Å². The lowest BCUT2D eigenvalue weighted by atomic mass is 9.86. The maximum Gasteiger partial charge on any atom is 0.284 e. The number of hydrogen-bond acceptors (Lipinski definition) is 6. The highest BCUT2D eigenvalue weighted by Crippen LogP contribution is 2.52. The average molecular weight is 557 g/mol. The fraction of sp³-hybridized carbons (Fsp3) is 0.269. The molecule has 2 aromatic carbocycles. The molecular formula is C26H20Cl2F2N6O2. The first-order chi connectivity index (χ1) is 18.2. The summed E-state index contributed by atoms with van der Waals surface area (Å²) in [6.07, 6.45) is 0.205. The third-order valence-electron chi connectivity index (χ3n) is 7.10. The van der Waals surface area contributed by atoms with Gasteiger partial charge in [-0.05, 0) is 48.2 Å². The van der Waals surface area contributed by atoms with Crippen LogP contribution < -0.4 is 10.9 Å². The molecule has 12 heteroatoms. The Kier molecular flexibility index (Phi) is 5.84. The van der Waals surface area contributed by atoms with Crippen molar-refractivity contribution in [3.05, 3.63) is 79.8 Å². The van der Waals surface area contributed by atoms with Crippen molar-refractivity contribution >= 4 is 51.6 Å². The summed E-state index contributed by atoms with van der Waals surface area (Å²) in [6, 6.07) is 10.3. The van der Waals surface area contributed by atoms with E-state index in [0.717, 1.165) is 29.6 Å². The molecule has 1 saturated carbocycles. The molecule has 2 aromatic heterocycles. The molecule has 1 N–H and O–H groups in total. The first-order valence-electron chi connectivity index (χ1n) is 11.9. The van der Waals surface area contributed by atoms with Gasteiger partial charge in [-0.15, -0.1) is 0 Å². The molecule has 1 amide bonds. The van der Waals surface area contributed by atoms with Crippen molar-refractivity contribution in [3.8, 4) is 5.69 Å². The Labute approximate surface area is 225 Å². The standard InChI is InChI=1S/C26H20Cl2F2N6O2/c1-13(37)35-11-14-9-15(5-6-17(14)26(12-35)7-8-26)32-25-31-10-16-20(33-25)21(23(29)30)34-36(24(16)38)22-18(27)3-2-4-19(22)28/h2-6,9-10,23H,7-8,11-12H2,1H3,(H,31,32,33). The van der Waals surface area contributed by atoms with Gasteiger partial charge in [0.2, 0.25) is 11.9 Å². The number of hydrogen-bond donors (Lipinski definition) is 1. The van der Waals surface area contributed by atoms with Crippen molar-refractivity contribution in [3.63, 3.8) is 0 Å². The summed E-state index contributed by atoms with van der Waals surface area (Å²) in [5.74, 6) is 0.0448. The maximum atomic E-state index is 14.1. The van der Waals surface area contributed by atoms with E-state index >= 15 is 0 Å². The largest absolute Gasteiger partial charge is 0.338 e. The third kappa shape index (κ3) is 4.08. The van der Waals surface area contributed by atoms with E-state index in [0.29, 0.717) is 12.2 Å². The SMILES string of the molecule is CC(=O)N1Cc2cc(Nc3ncc4c(=O)n(-c5c(Cl)cccc5Cl)nc(C(F)F)c4n3)ccc2C2(CC2)C1. The van der Waals surface area contributed by atoms with E-state index in [4.69, 9.17) is 23.2 Å². The molecule has 0 saturated heterocycles. The Morgan fingerprint density at radius 2 is 1.89 bits per heavy atom. The first kappa shape index (κ1) is 24.7. The van der Waals surface area contributed by atoms with Crippen LogP contribution in [0.1, 0.15) is 43.0 Å². The number of para-hydroxylation sites is 1. The number of carbonyl (C=O) groups excluding carboxylic acids is 1. The molecule has 38 heavy (non-hydrogen) atoms. The fourth-order valence-electron chi connectivity index (χ4n) is 5.06. The van der Waals surface area contributed by atoms with Crippen molar-refractivity contribution in [1.82, 2.24) is 24.6 Å². The zero-order valence-corrected chi connectivity index (χ0v) is 21.5. The van der Waals surface area contributed by atoms with Crippen molar-refractivity contribution in [2.24, 2.45) is 0 Å². The highest BCUT2D eigenvalue weighted by Gasteiger charge is 2.49. The second-order valence-corrected chi connectivity index (χ2v) is 10.4. The van der Waals surface area contributed by atoms with Gasteiger partial charge >= 0.3 is 0 Å². The lowest BCUT2D eigenvalue weighted by molar-refractivity contribution is -0.130. The minimum Gasteiger partial charge on any atom is -0.338 e. The van der Waals surface area contributed by atoms with Gasteiger partial charge in [-0.1, -0.05) is 35.3 Å².